The molecule has 2 N–H and O–H groups in total. The SMILES string of the molecule is O=C(CSCCSCC[S+]([O-])CSCCSCSC(=O)CSCCSCC(=O)SCSCCO)SCSCCO. The first kappa shape index (κ1) is 43.1. The Morgan fingerprint density at radius 3 is 1.32 bits per heavy atom. The molecule has 0 aliphatic carbocycles. The van der Waals surface area contributed by atoms with Gasteiger partial charge in [0.25, 0.3) is 0 Å². The van der Waals surface area contributed by atoms with Crippen LogP contribution in [0, 0.1) is 0 Å². The molecule has 0 aromatic heterocycles. The second-order valence-electron chi connectivity index (χ2n) is 7.01. The van der Waals surface area contributed by atoms with Gasteiger partial charge in [0.2, 0.25) is 0 Å². The fraction of sp³-hybridized carbons (Fsp3) is 0.864. The molecule has 18 heteroatoms. The summed E-state index contributed by atoms with van der Waals surface area (Å²) < 4.78 is 12.1. The zero-order chi connectivity index (χ0) is 29.5. The maximum absolute atomic E-state index is 12.1. The summed E-state index contributed by atoms with van der Waals surface area (Å²) in [5, 5.41) is 20.8. The van der Waals surface area contributed by atoms with E-state index in [1.165, 1.54) is 35.3 Å². The summed E-state index contributed by atoms with van der Waals surface area (Å²) in [7, 11) is 0. The Kier molecular flexibility index (Phi) is 37.7. The fourth-order valence-electron chi connectivity index (χ4n) is 2.04. The highest BCUT2D eigenvalue weighted by Gasteiger charge is 2.08. The molecule has 0 bridgehead atoms. The van der Waals surface area contributed by atoms with Crippen LogP contribution in [-0.2, 0) is 25.6 Å². The molecule has 0 fully saturated rings. The second-order valence-corrected chi connectivity index (χ2v) is 22.1. The summed E-state index contributed by atoms with van der Waals surface area (Å²) in [4.78, 5) is 35.4. The summed E-state index contributed by atoms with van der Waals surface area (Å²) in [6.07, 6.45) is 0. The average Bonchev–Trinajstić information content (AvgIpc) is 2.94. The number of hydrogen-bond donors (Lipinski definition) is 2. The van der Waals surface area contributed by atoms with E-state index in [0.717, 1.165) is 45.4 Å². The van der Waals surface area contributed by atoms with Crippen LogP contribution in [0.5, 0.6) is 0 Å². The van der Waals surface area contributed by atoms with Gasteiger partial charge in [-0.25, -0.2) is 0 Å². The standard InChI is InChI=1S/C22H40O6S12/c23-1-3-33-16-37-20(25)13-30-6-5-29-11-12-40(28)19-36-10-9-35-18-39-22(27)15-32-8-7-31-14-21(26)38-17-34-4-2-24/h23-24H,1-19H2. The molecule has 0 saturated heterocycles. The minimum Gasteiger partial charge on any atom is -0.616 e. The summed E-state index contributed by atoms with van der Waals surface area (Å²) in [5.41, 5.74) is 0. The highest BCUT2D eigenvalue weighted by Crippen LogP contribution is 2.20. The Balaban J connectivity index is 3.38. The van der Waals surface area contributed by atoms with E-state index in [0.29, 0.717) is 49.8 Å². The van der Waals surface area contributed by atoms with Gasteiger partial charge in [0.1, 0.15) is 5.75 Å². The first-order valence-electron chi connectivity index (χ1n) is 12.1. The molecule has 236 valence electrons. The molecule has 1 unspecified atom stereocenters. The van der Waals surface area contributed by atoms with E-state index >= 15 is 0 Å². The van der Waals surface area contributed by atoms with Crippen molar-refractivity contribution in [3.63, 3.8) is 0 Å². The largest absolute Gasteiger partial charge is 0.616 e. The maximum Gasteiger partial charge on any atom is 0.199 e. The van der Waals surface area contributed by atoms with Gasteiger partial charge in [-0.1, -0.05) is 35.3 Å². The van der Waals surface area contributed by atoms with Gasteiger partial charge in [-0.05, 0) is 11.2 Å². The zero-order valence-electron chi connectivity index (χ0n) is 22.4. The molecule has 0 aromatic carbocycles. The lowest BCUT2D eigenvalue weighted by atomic mass is 10.9. The van der Waals surface area contributed by atoms with Gasteiger partial charge in [0, 0.05) is 67.0 Å². The van der Waals surface area contributed by atoms with Crippen molar-refractivity contribution in [1.82, 2.24) is 0 Å². The molecule has 0 saturated carbocycles. The van der Waals surface area contributed by atoms with Crippen LogP contribution in [0.2, 0.25) is 0 Å². The van der Waals surface area contributed by atoms with Gasteiger partial charge >= 0.3 is 0 Å². The van der Waals surface area contributed by atoms with Gasteiger partial charge in [-0.3, -0.25) is 14.4 Å². The van der Waals surface area contributed by atoms with Crippen molar-refractivity contribution in [1.29, 1.82) is 0 Å². The molecule has 0 amide bonds. The minimum atomic E-state index is -0.811. The van der Waals surface area contributed by atoms with Crippen molar-refractivity contribution < 1.29 is 29.1 Å². The van der Waals surface area contributed by atoms with Crippen molar-refractivity contribution in [3.05, 3.63) is 0 Å². The fourth-order valence-corrected chi connectivity index (χ4v) is 14.9. The highest BCUT2D eigenvalue weighted by atomic mass is 32.3. The van der Waals surface area contributed by atoms with Crippen LogP contribution < -0.4 is 0 Å². The van der Waals surface area contributed by atoms with E-state index < -0.39 is 11.2 Å². The third-order valence-corrected chi connectivity index (χ3v) is 18.4. The predicted octanol–water partition coefficient (Wildman–Crippen LogP) is 5.19. The lowest BCUT2D eigenvalue weighted by Crippen LogP contribution is -2.12. The molecular formula is C22H40O6S12. The van der Waals surface area contributed by atoms with Crippen LogP contribution in [0.15, 0.2) is 0 Å². The van der Waals surface area contributed by atoms with Crippen LogP contribution in [0.4, 0.5) is 0 Å². The Bertz CT molecular complexity index is 623. The van der Waals surface area contributed by atoms with Gasteiger partial charge in [-0.15, -0.1) is 47.0 Å². The third kappa shape index (κ3) is 34.0. The molecule has 1 atom stereocenters. The number of thioether (sulfide) groups is 11. The minimum absolute atomic E-state index is 0.144. The topological polar surface area (TPSA) is 115 Å². The molecular weight excluding hydrogens is 745 g/mol. The van der Waals surface area contributed by atoms with Crippen molar-refractivity contribution >= 4 is 156 Å². The van der Waals surface area contributed by atoms with E-state index in [1.807, 2.05) is 0 Å². The lowest BCUT2D eigenvalue weighted by molar-refractivity contribution is -0.109. The maximum atomic E-state index is 12.1. The molecule has 0 radical (unpaired) electrons. The monoisotopic (exact) mass is 784 g/mol. The smallest absolute Gasteiger partial charge is 0.199 e. The highest BCUT2D eigenvalue weighted by molar-refractivity contribution is 8.26. The molecule has 0 aromatic rings. The Labute approximate surface area is 290 Å². The van der Waals surface area contributed by atoms with Gasteiger partial charge < -0.3 is 14.8 Å². The van der Waals surface area contributed by atoms with E-state index in [4.69, 9.17) is 10.2 Å². The van der Waals surface area contributed by atoms with Crippen LogP contribution in [-0.4, -0.2) is 138 Å². The summed E-state index contributed by atoms with van der Waals surface area (Å²) in [6, 6.07) is 0. The van der Waals surface area contributed by atoms with E-state index in [9.17, 15) is 18.9 Å². The van der Waals surface area contributed by atoms with E-state index in [-0.39, 0.29) is 28.6 Å². The molecule has 0 rings (SSSR count). The number of carbonyl (C=O) groups is 3. The molecule has 40 heavy (non-hydrogen) atoms. The molecule has 0 aliphatic heterocycles. The number of carbonyl (C=O) groups excluding carboxylic acids is 3. The van der Waals surface area contributed by atoms with Gasteiger partial charge in [0.15, 0.2) is 20.4 Å². The van der Waals surface area contributed by atoms with Crippen LogP contribution >= 0.6 is 129 Å². The van der Waals surface area contributed by atoms with Crippen LogP contribution in [0.25, 0.3) is 0 Å². The van der Waals surface area contributed by atoms with Crippen molar-refractivity contribution in [2.45, 2.75) is 0 Å². The predicted molar refractivity (Wildman–Crippen MR) is 204 cm³/mol. The summed E-state index contributed by atoms with van der Waals surface area (Å²) >= 11 is 16.4. The molecule has 6 nitrogen and oxygen atoms in total. The van der Waals surface area contributed by atoms with Crippen molar-refractivity contribution in [2.24, 2.45) is 0 Å². The van der Waals surface area contributed by atoms with Crippen LogP contribution in [0.3, 0.4) is 0 Å². The average molecular weight is 785 g/mol. The normalized spacial score (nSPS) is 12.1. The van der Waals surface area contributed by atoms with Crippen molar-refractivity contribution in [3.8, 4) is 0 Å². The molecule has 0 spiro atoms. The summed E-state index contributed by atoms with van der Waals surface area (Å²) in [6.45, 7) is 0.296. The van der Waals surface area contributed by atoms with Crippen LogP contribution in [0.1, 0.15) is 0 Å². The number of aliphatic hydroxyl groups excluding tert-OH is 2. The quantitative estimate of drug-likeness (QED) is 0.0565. The van der Waals surface area contributed by atoms with Gasteiger partial charge in [-0.2, -0.15) is 47.0 Å². The molecule has 0 aliphatic rings. The van der Waals surface area contributed by atoms with Crippen molar-refractivity contribution in [2.75, 3.05) is 108 Å². The second kappa shape index (κ2) is 35.0. The van der Waals surface area contributed by atoms with E-state index in [1.54, 1.807) is 94.1 Å². The summed E-state index contributed by atoms with van der Waals surface area (Å²) in [5.74, 6) is 9.91. The first-order chi connectivity index (χ1) is 19.5. The molecule has 0 heterocycles. The number of hydrogen-bond acceptors (Lipinski definition) is 17. The lowest BCUT2D eigenvalue weighted by Gasteiger charge is -2.10. The third-order valence-electron chi connectivity index (χ3n) is 3.83. The number of aliphatic hydroxyl groups is 2. The van der Waals surface area contributed by atoms with E-state index in [2.05, 4.69) is 0 Å². The Morgan fingerprint density at radius 2 is 0.875 bits per heavy atom. The first-order valence-corrected chi connectivity index (χ1v) is 25.8. The zero-order valence-corrected chi connectivity index (χ0v) is 32.2. The Hall–Kier alpha value is 3.09. The number of rotatable bonds is 30. The van der Waals surface area contributed by atoms with Gasteiger partial charge in [0.05, 0.1) is 30.5 Å². The Morgan fingerprint density at radius 1 is 0.500 bits per heavy atom.